The van der Waals surface area contributed by atoms with Crippen LogP contribution in [0.25, 0.3) is 0 Å². The SMILES string of the molecule is NC(=O)c1ccc(CNC2CCC(C(=O)O)CC2)c(Cl)c1. The molecule has 4 N–H and O–H groups in total. The van der Waals surface area contributed by atoms with Crippen LogP contribution in [0.3, 0.4) is 0 Å². The molecule has 1 aliphatic carbocycles. The van der Waals surface area contributed by atoms with Crippen LogP contribution in [-0.4, -0.2) is 23.0 Å². The zero-order chi connectivity index (χ0) is 15.4. The second-order valence-corrected chi connectivity index (χ2v) is 5.85. The molecule has 1 aliphatic rings. The average molecular weight is 311 g/mol. The quantitative estimate of drug-likeness (QED) is 0.777. The summed E-state index contributed by atoms with van der Waals surface area (Å²) in [6.45, 7) is 0.597. The van der Waals surface area contributed by atoms with Crippen LogP contribution >= 0.6 is 11.6 Å². The lowest BCUT2D eigenvalue weighted by molar-refractivity contribution is -0.142. The van der Waals surface area contributed by atoms with E-state index in [1.165, 1.54) is 0 Å². The summed E-state index contributed by atoms with van der Waals surface area (Å²) in [5, 5.41) is 12.9. The van der Waals surface area contributed by atoms with E-state index in [1.54, 1.807) is 18.2 Å². The highest BCUT2D eigenvalue weighted by atomic mass is 35.5. The van der Waals surface area contributed by atoms with E-state index in [0.717, 1.165) is 18.4 Å². The molecule has 1 fully saturated rings. The van der Waals surface area contributed by atoms with Gasteiger partial charge < -0.3 is 16.2 Å². The monoisotopic (exact) mass is 310 g/mol. The van der Waals surface area contributed by atoms with Crippen LogP contribution in [0.4, 0.5) is 0 Å². The predicted molar refractivity (Wildman–Crippen MR) is 80.2 cm³/mol. The van der Waals surface area contributed by atoms with Gasteiger partial charge in [0.05, 0.1) is 5.92 Å². The van der Waals surface area contributed by atoms with Crippen molar-refractivity contribution < 1.29 is 14.7 Å². The fourth-order valence-corrected chi connectivity index (χ4v) is 2.89. The second kappa shape index (κ2) is 6.91. The molecule has 6 heteroatoms. The van der Waals surface area contributed by atoms with E-state index >= 15 is 0 Å². The first-order chi connectivity index (χ1) is 9.97. The van der Waals surface area contributed by atoms with Crippen molar-refractivity contribution in [2.75, 3.05) is 0 Å². The molecule has 114 valence electrons. The maximum absolute atomic E-state index is 11.1. The number of nitrogens with one attached hydrogen (secondary N) is 1. The second-order valence-electron chi connectivity index (χ2n) is 5.44. The lowest BCUT2D eigenvalue weighted by Crippen LogP contribution is -2.34. The molecule has 2 rings (SSSR count). The minimum Gasteiger partial charge on any atom is -0.481 e. The Hall–Kier alpha value is -1.59. The number of halogens is 1. The smallest absolute Gasteiger partial charge is 0.306 e. The highest BCUT2D eigenvalue weighted by Gasteiger charge is 2.25. The highest BCUT2D eigenvalue weighted by molar-refractivity contribution is 6.31. The molecular weight excluding hydrogens is 292 g/mol. The number of primary amides is 1. The molecule has 0 aromatic heterocycles. The molecule has 0 bridgehead atoms. The third kappa shape index (κ3) is 4.19. The maximum atomic E-state index is 11.1. The zero-order valence-electron chi connectivity index (χ0n) is 11.6. The number of carboxylic acids is 1. The molecule has 21 heavy (non-hydrogen) atoms. The number of hydrogen-bond acceptors (Lipinski definition) is 3. The van der Waals surface area contributed by atoms with Gasteiger partial charge in [-0.15, -0.1) is 0 Å². The molecular formula is C15H19ClN2O3. The van der Waals surface area contributed by atoms with Gasteiger partial charge in [0.15, 0.2) is 0 Å². The minimum atomic E-state index is -0.696. The molecule has 0 unspecified atom stereocenters. The molecule has 0 heterocycles. The number of amides is 1. The fraction of sp³-hybridized carbons (Fsp3) is 0.467. The predicted octanol–water partition coefficient (Wildman–Crippen LogP) is 2.17. The van der Waals surface area contributed by atoms with E-state index in [-0.39, 0.29) is 5.92 Å². The summed E-state index contributed by atoms with van der Waals surface area (Å²) < 4.78 is 0. The first-order valence-electron chi connectivity index (χ1n) is 7.01. The van der Waals surface area contributed by atoms with E-state index in [4.69, 9.17) is 22.4 Å². The van der Waals surface area contributed by atoms with E-state index in [9.17, 15) is 9.59 Å². The van der Waals surface area contributed by atoms with Crippen molar-refractivity contribution in [3.8, 4) is 0 Å². The Bertz CT molecular complexity index is 540. The summed E-state index contributed by atoms with van der Waals surface area (Å²) in [4.78, 5) is 22.0. The van der Waals surface area contributed by atoms with Gasteiger partial charge in [-0.25, -0.2) is 0 Å². The van der Waals surface area contributed by atoms with E-state index < -0.39 is 11.9 Å². The van der Waals surface area contributed by atoms with Gasteiger partial charge in [-0.2, -0.15) is 0 Å². The third-order valence-electron chi connectivity index (χ3n) is 4.00. The van der Waals surface area contributed by atoms with Crippen LogP contribution < -0.4 is 11.1 Å². The average Bonchev–Trinajstić information content (AvgIpc) is 2.46. The summed E-state index contributed by atoms with van der Waals surface area (Å²) in [5.41, 5.74) is 6.50. The molecule has 0 saturated heterocycles. The van der Waals surface area contributed by atoms with Crippen LogP contribution in [0.1, 0.15) is 41.6 Å². The van der Waals surface area contributed by atoms with Crippen molar-refractivity contribution >= 4 is 23.5 Å². The highest BCUT2D eigenvalue weighted by Crippen LogP contribution is 2.25. The Morgan fingerprint density at radius 3 is 2.48 bits per heavy atom. The van der Waals surface area contributed by atoms with E-state index in [2.05, 4.69) is 5.32 Å². The van der Waals surface area contributed by atoms with Crippen LogP contribution in [0.2, 0.25) is 5.02 Å². The number of aliphatic carboxylic acids is 1. The largest absolute Gasteiger partial charge is 0.481 e. The van der Waals surface area contributed by atoms with Crippen LogP contribution in [0.5, 0.6) is 0 Å². The third-order valence-corrected chi connectivity index (χ3v) is 4.35. The number of hydrogen-bond donors (Lipinski definition) is 3. The van der Waals surface area contributed by atoms with Crippen molar-refractivity contribution in [2.24, 2.45) is 11.7 Å². The van der Waals surface area contributed by atoms with Gasteiger partial charge in [-0.1, -0.05) is 17.7 Å². The molecule has 0 spiro atoms. The fourth-order valence-electron chi connectivity index (χ4n) is 2.64. The van der Waals surface area contributed by atoms with Gasteiger partial charge in [0, 0.05) is 23.2 Å². The van der Waals surface area contributed by atoms with Gasteiger partial charge in [0.1, 0.15) is 0 Å². The van der Waals surface area contributed by atoms with Gasteiger partial charge in [-0.05, 0) is 43.4 Å². The number of carbonyl (C=O) groups is 2. The number of rotatable bonds is 5. The summed E-state index contributed by atoms with van der Waals surface area (Å²) in [6, 6.07) is 5.33. The Kier molecular flexibility index (Phi) is 5.20. The molecule has 1 aromatic carbocycles. The lowest BCUT2D eigenvalue weighted by Gasteiger charge is -2.27. The van der Waals surface area contributed by atoms with Crippen LogP contribution in [0.15, 0.2) is 18.2 Å². The Labute approximate surface area is 128 Å². The Morgan fingerprint density at radius 1 is 1.29 bits per heavy atom. The number of carboxylic acid groups (broad SMARTS) is 1. The molecule has 0 atom stereocenters. The van der Waals surface area contributed by atoms with Crippen molar-refractivity contribution in [3.05, 3.63) is 34.3 Å². The topological polar surface area (TPSA) is 92.4 Å². The van der Waals surface area contributed by atoms with E-state index in [0.29, 0.717) is 36.0 Å². The first kappa shape index (κ1) is 15.8. The first-order valence-corrected chi connectivity index (χ1v) is 7.39. The Balaban J connectivity index is 1.87. The number of benzene rings is 1. The lowest BCUT2D eigenvalue weighted by atomic mass is 9.86. The van der Waals surface area contributed by atoms with Crippen molar-refractivity contribution in [1.29, 1.82) is 0 Å². The van der Waals surface area contributed by atoms with Gasteiger partial charge in [-0.3, -0.25) is 9.59 Å². The Morgan fingerprint density at radius 2 is 1.95 bits per heavy atom. The standard InChI is InChI=1S/C15H19ClN2O3/c16-13-7-10(14(17)19)1-2-11(13)8-18-12-5-3-9(4-6-12)15(20)21/h1-2,7,9,12,18H,3-6,8H2,(H2,17,19)(H,20,21). The number of carbonyl (C=O) groups excluding carboxylic acids is 1. The molecule has 1 aromatic rings. The molecule has 5 nitrogen and oxygen atoms in total. The van der Waals surface area contributed by atoms with Crippen LogP contribution in [-0.2, 0) is 11.3 Å². The molecule has 0 aliphatic heterocycles. The molecule has 0 radical (unpaired) electrons. The summed E-state index contributed by atoms with van der Waals surface area (Å²) >= 11 is 6.13. The zero-order valence-corrected chi connectivity index (χ0v) is 12.4. The van der Waals surface area contributed by atoms with Crippen molar-refractivity contribution in [2.45, 2.75) is 38.3 Å². The maximum Gasteiger partial charge on any atom is 0.306 e. The summed E-state index contributed by atoms with van der Waals surface area (Å²) in [6.07, 6.45) is 3.13. The van der Waals surface area contributed by atoms with Crippen molar-refractivity contribution in [3.63, 3.8) is 0 Å². The van der Waals surface area contributed by atoms with Crippen molar-refractivity contribution in [1.82, 2.24) is 5.32 Å². The molecule has 1 saturated carbocycles. The van der Waals surface area contributed by atoms with Gasteiger partial charge >= 0.3 is 5.97 Å². The normalized spacial score (nSPS) is 22.0. The van der Waals surface area contributed by atoms with Crippen LogP contribution in [0, 0.1) is 5.92 Å². The summed E-state index contributed by atoms with van der Waals surface area (Å²) in [7, 11) is 0. The number of nitrogens with two attached hydrogens (primary N) is 1. The minimum absolute atomic E-state index is 0.207. The molecule has 1 amide bonds. The summed E-state index contributed by atoms with van der Waals surface area (Å²) in [5.74, 6) is -1.40. The van der Waals surface area contributed by atoms with E-state index in [1.807, 2.05) is 0 Å². The van der Waals surface area contributed by atoms with Gasteiger partial charge in [0.25, 0.3) is 0 Å². The van der Waals surface area contributed by atoms with Gasteiger partial charge in [0.2, 0.25) is 5.91 Å².